The number of imidazole rings is 1. The minimum absolute atomic E-state index is 0.0647. The van der Waals surface area contributed by atoms with Gasteiger partial charge < -0.3 is 10.7 Å². The number of halogens is 1. The van der Waals surface area contributed by atoms with E-state index in [1.54, 1.807) is 30.9 Å². The Morgan fingerprint density at radius 2 is 1.76 bits per heavy atom. The minimum Gasteiger partial charge on any atom is -0.397 e. The summed E-state index contributed by atoms with van der Waals surface area (Å²) in [6, 6.07) is 12.3. The summed E-state index contributed by atoms with van der Waals surface area (Å²) < 4.78 is 37.7. The van der Waals surface area contributed by atoms with Crippen LogP contribution in [0.4, 0.5) is 10.1 Å². The molecule has 0 amide bonds. The van der Waals surface area contributed by atoms with Gasteiger partial charge in [-0.1, -0.05) is 12.1 Å². The van der Waals surface area contributed by atoms with Crippen molar-refractivity contribution in [3.05, 3.63) is 78.6 Å². The van der Waals surface area contributed by atoms with Crippen molar-refractivity contribution in [3.63, 3.8) is 0 Å². The van der Waals surface area contributed by atoms with Gasteiger partial charge in [-0.25, -0.2) is 17.8 Å². The second-order valence-electron chi connectivity index (χ2n) is 9.24. The van der Waals surface area contributed by atoms with Crippen molar-refractivity contribution >= 4 is 37.5 Å². The van der Waals surface area contributed by atoms with Crippen LogP contribution >= 0.6 is 0 Å². The summed E-state index contributed by atoms with van der Waals surface area (Å²) in [5.74, 6) is 0.00257. The highest BCUT2D eigenvalue weighted by atomic mass is 32.2. The first kappa shape index (κ1) is 23.7. The standard InChI is InChI=1S/C27H22FN7O2S/c1-38(36,37)5-4-15-6-17(8-19(28)7-15)22-13-31-14-24-25(22)33-27(32-24)26-21-10-16(2-3-23(21)34-35-26)18-9-20(29)12-30-11-18/h2-3,6-14H,4-5,29H2,1H3,(H,32,33)(H,34,35). The fraction of sp³-hybridized carbons (Fsp3) is 0.111. The van der Waals surface area contributed by atoms with Crippen LogP contribution in [0.5, 0.6) is 0 Å². The molecule has 4 N–H and O–H groups in total. The summed E-state index contributed by atoms with van der Waals surface area (Å²) in [7, 11) is -3.18. The second kappa shape index (κ2) is 9.03. The lowest BCUT2D eigenvalue weighted by Gasteiger charge is -2.07. The maximum absolute atomic E-state index is 14.5. The quantitative estimate of drug-likeness (QED) is 0.288. The van der Waals surface area contributed by atoms with Crippen molar-refractivity contribution in [2.24, 2.45) is 0 Å². The highest BCUT2D eigenvalue weighted by Crippen LogP contribution is 2.33. The Bertz CT molecular complexity index is 1950. The summed E-state index contributed by atoms with van der Waals surface area (Å²) in [6.07, 6.45) is 7.99. The molecule has 9 nitrogen and oxygen atoms in total. The molecule has 0 bridgehead atoms. The van der Waals surface area contributed by atoms with Crippen molar-refractivity contribution in [2.45, 2.75) is 6.42 Å². The average Bonchev–Trinajstić information content (AvgIpc) is 3.50. The molecule has 0 unspecified atom stereocenters. The number of nitrogens with two attached hydrogens (primary N) is 1. The lowest BCUT2D eigenvalue weighted by atomic mass is 10.0. The molecule has 0 spiro atoms. The number of nitrogen functional groups attached to an aromatic ring is 1. The van der Waals surface area contributed by atoms with Crippen molar-refractivity contribution in [2.75, 3.05) is 17.7 Å². The number of hydrogen-bond acceptors (Lipinski definition) is 7. The molecular formula is C27H22FN7O2S. The number of H-pyrrole nitrogens is 2. The molecule has 0 fully saturated rings. The first-order valence-electron chi connectivity index (χ1n) is 11.7. The molecular weight excluding hydrogens is 505 g/mol. The highest BCUT2D eigenvalue weighted by Gasteiger charge is 2.17. The number of rotatable bonds is 6. The van der Waals surface area contributed by atoms with Gasteiger partial charge in [-0.15, -0.1) is 0 Å². The molecule has 6 rings (SSSR count). The van der Waals surface area contributed by atoms with Crippen LogP contribution in [-0.2, 0) is 16.3 Å². The largest absolute Gasteiger partial charge is 0.397 e. The van der Waals surface area contributed by atoms with Crippen molar-refractivity contribution < 1.29 is 12.8 Å². The molecule has 0 radical (unpaired) electrons. The normalized spacial score (nSPS) is 11.9. The molecule has 38 heavy (non-hydrogen) atoms. The number of pyridine rings is 2. The van der Waals surface area contributed by atoms with Gasteiger partial charge in [0.05, 0.1) is 34.2 Å². The highest BCUT2D eigenvalue weighted by molar-refractivity contribution is 7.90. The van der Waals surface area contributed by atoms with E-state index in [1.165, 1.54) is 12.1 Å². The number of nitrogens with one attached hydrogen (secondary N) is 2. The zero-order valence-electron chi connectivity index (χ0n) is 20.2. The van der Waals surface area contributed by atoms with Crippen LogP contribution in [0.15, 0.2) is 67.3 Å². The molecule has 4 heterocycles. The number of aromatic nitrogens is 6. The van der Waals surface area contributed by atoms with Crippen molar-refractivity contribution in [3.8, 4) is 33.8 Å². The van der Waals surface area contributed by atoms with Gasteiger partial charge in [0.2, 0.25) is 0 Å². The molecule has 190 valence electrons. The number of nitrogens with zero attached hydrogens (tertiary/aromatic N) is 4. The monoisotopic (exact) mass is 527 g/mol. The van der Waals surface area contributed by atoms with Gasteiger partial charge >= 0.3 is 0 Å². The van der Waals surface area contributed by atoms with Gasteiger partial charge in [0.1, 0.15) is 21.3 Å². The van der Waals surface area contributed by atoms with Gasteiger partial charge in [-0.3, -0.25) is 15.1 Å². The van der Waals surface area contributed by atoms with E-state index in [-0.39, 0.29) is 12.2 Å². The zero-order valence-corrected chi connectivity index (χ0v) is 21.1. The van der Waals surface area contributed by atoms with Gasteiger partial charge in [0.15, 0.2) is 5.82 Å². The van der Waals surface area contributed by atoms with E-state index in [2.05, 4.69) is 25.1 Å². The third-order valence-corrected chi connectivity index (χ3v) is 7.25. The number of benzene rings is 2. The molecule has 6 aromatic rings. The zero-order chi connectivity index (χ0) is 26.4. The van der Waals surface area contributed by atoms with Crippen molar-refractivity contribution in [1.29, 1.82) is 0 Å². The lowest BCUT2D eigenvalue weighted by molar-refractivity contribution is 0.600. The molecule has 0 saturated carbocycles. The average molecular weight is 528 g/mol. The molecule has 11 heteroatoms. The Morgan fingerprint density at radius 1 is 0.921 bits per heavy atom. The van der Waals surface area contributed by atoms with Crippen LogP contribution in [-0.4, -0.2) is 50.6 Å². The third kappa shape index (κ3) is 4.59. The number of sulfone groups is 1. The SMILES string of the molecule is CS(=O)(=O)CCc1cc(F)cc(-c2cncc3[nH]c(-c4n[nH]c5ccc(-c6cncc(N)c6)cc45)nc23)c1. The smallest absolute Gasteiger partial charge is 0.159 e. The summed E-state index contributed by atoms with van der Waals surface area (Å²) in [5.41, 5.74) is 12.8. The van der Waals surface area contributed by atoms with Crippen LogP contribution in [0.25, 0.3) is 55.7 Å². The van der Waals surface area contributed by atoms with E-state index in [4.69, 9.17) is 10.7 Å². The van der Waals surface area contributed by atoms with E-state index < -0.39 is 15.7 Å². The van der Waals surface area contributed by atoms with Crippen molar-refractivity contribution in [1.82, 2.24) is 30.1 Å². The number of hydrogen-bond donors (Lipinski definition) is 3. The van der Waals surface area contributed by atoms with E-state index in [0.717, 1.165) is 28.3 Å². The molecule has 0 aliphatic carbocycles. The molecule has 0 saturated heterocycles. The summed E-state index contributed by atoms with van der Waals surface area (Å²) in [5, 5.41) is 8.39. The third-order valence-electron chi connectivity index (χ3n) is 6.30. The molecule has 2 aromatic carbocycles. The predicted molar refractivity (Wildman–Crippen MR) is 145 cm³/mol. The number of aromatic amines is 2. The Hall–Kier alpha value is -4.64. The lowest BCUT2D eigenvalue weighted by Crippen LogP contribution is -2.06. The van der Waals surface area contributed by atoms with E-state index in [1.807, 2.05) is 24.3 Å². The van der Waals surface area contributed by atoms with Crippen LogP contribution in [0, 0.1) is 5.82 Å². The first-order chi connectivity index (χ1) is 18.2. The van der Waals surface area contributed by atoms with Gasteiger partial charge in [0.25, 0.3) is 0 Å². The van der Waals surface area contributed by atoms with Gasteiger partial charge in [-0.05, 0) is 53.4 Å². The molecule has 0 aliphatic heterocycles. The predicted octanol–water partition coefficient (Wildman–Crippen LogP) is 4.54. The van der Waals surface area contributed by atoms with Crippen LogP contribution in [0.3, 0.4) is 0 Å². The van der Waals surface area contributed by atoms with Gasteiger partial charge in [-0.2, -0.15) is 5.10 Å². The van der Waals surface area contributed by atoms with E-state index in [9.17, 15) is 12.8 Å². The molecule has 0 aliphatic rings. The molecule has 4 aromatic heterocycles. The summed E-state index contributed by atoms with van der Waals surface area (Å²) in [6.45, 7) is 0. The second-order valence-corrected chi connectivity index (χ2v) is 11.5. The van der Waals surface area contributed by atoms with E-state index >= 15 is 0 Å². The Balaban J connectivity index is 1.43. The summed E-state index contributed by atoms with van der Waals surface area (Å²) >= 11 is 0. The fourth-order valence-corrected chi connectivity index (χ4v) is 5.11. The molecule has 0 atom stereocenters. The fourth-order valence-electron chi connectivity index (χ4n) is 4.50. The topological polar surface area (TPSA) is 143 Å². The van der Waals surface area contributed by atoms with Crippen LogP contribution in [0.1, 0.15) is 5.56 Å². The minimum atomic E-state index is -3.18. The van der Waals surface area contributed by atoms with Gasteiger partial charge in [0, 0.05) is 41.4 Å². The number of aryl methyl sites for hydroxylation is 1. The van der Waals surface area contributed by atoms with Crippen LogP contribution < -0.4 is 5.73 Å². The Morgan fingerprint density at radius 3 is 2.58 bits per heavy atom. The van der Waals surface area contributed by atoms with E-state index in [0.29, 0.717) is 44.9 Å². The number of anilines is 1. The maximum atomic E-state index is 14.5. The Kier molecular flexibility index (Phi) is 5.64. The number of fused-ring (bicyclic) bond motifs is 2. The van der Waals surface area contributed by atoms with Crippen LogP contribution in [0.2, 0.25) is 0 Å². The Labute approximate surface area is 216 Å². The summed E-state index contributed by atoms with van der Waals surface area (Å²) in [4.78, 5) is 16.6. The first-order valence-corrected chi connectivity index (χ1v) is 13.8. The maximum Gasteiger partial charge on any atom is 0.159 e.